The van der Waals surface area contributed by atoms with Gasteiger partial charge in [0.1, 0.15) is 0 Å². The molecule has 0 amide bonds. The summed E-state index contributed by atoms with van der Waals surface area (Å²) in [7, 11) is -0.903. The quantitative estimate of drug-likeness (QED) is 0.637. The molecule has 0 aromatic carbocycles. The molecule has 0 radical (unpaired) electrons. The summed E-state index contributed by atoms with van der Waals surface area (Å²) in [6.45, 7) is 0.769. The topological polar surface area (TPSA) is 46.2 Å². The molecule has 1 aliphatic heterocycles. The van der Waals surface area contributed by atoms with Gasteiger partial charge in [0.15, 0.2) is 9.84 Å². The molecule has 1 aliphatic rings. The Kier molecular flexibility index (Phi) is 3.29. The third kappa shape index (κ3) is 2.95. The first-order chi connectivity index (χ1) is 5.64. The fraction of sp³-hybridized carbons (Fsp3) is 0.750. The maximum absolute atomic E-state index is 11.2. The van der Waals surface area contributed by atoms with E-state index in [-0.39, 0.29) is 5.75 Å². The van der Waals surface area contributed by atoms with Crippen molar-refractivity contribution in [3.05, 3.63) is 11.6 Å². The standard InChI is InChI=1S/C8H15NO2S/c1-9-5-4-8-3-2-6-12(10,11)7-8/h4,9H,2-3,5-7H2,1H3. The van der Waals surface area contributed by atoms with Gasteiger partial charge in [-0.3, -0.25) is 0 Å². The predicted molar refractivity (Wildman–Crippen MR) is 49.9 cm³/mol. The molecule has 4 heteroatoms. The molecule has 0 aliphatic carbocycles. The Bertz CT molecular complexity index is 267. The van der Waals surface area contributed by atoms with E-state index in [1.165, 1.54) is 0 Å². The second-order valence-electron chi connectivity index (χ2n) is 3.12. The lowest BCUT2D eigenvalue weighted by Crippen LogP contribution is -2.19. The zero-order valence-electron chi connectivity index (χ0n) is 7.34. The molecule has 0 saturated carbocycles. The van der Waals surface area contributed by atoms with E-state index in [1.807, 2.05) is 13.1 Å². The third-order valence-corrected chi connectivity index (χ3v) is 3.67. The first kappa shape index (κ1) is 9.74. The Balaban J connectivity index is 2.58. The molecule has 1 N–H and O–H groups in total. The third-order valence-electron chi connectivity index (χ3n) is 1.95. The maximum atomic E-state index is 11.2. The molecule has 1 rings (SSSR count). The van der Waals surface area contributed by atoms with Crippen molar-refractivity contribution in [2.24, 2.45) is 0 Å². The van der Waals surface area contributed by atoms with Crippen molar-refractivity contribution >= 4 is 9.84 Å². The van der Waals surface area contributed by atoms with Crippen LogP contribution < -0.4 is 5.32 Å². The molecule has 0 unspecified atom stereocenters. The highest BCUT2D eigenvalue weighted by molar-refractivity contribution is 7.91. The van der Waals surface area contributed by atoms with Gasteiger partial charge in [-0.1, -0.05) is 11.6 Å². The van der Waals surface area contributed by atoms with Gasteiger partial charge in [-0.2, -0.15) is 0 Å². The number of hydrogen-bond donors (Lipinski definition) is 1. The number of rotatable bonds is 2. The molecule has 1 heterocycles. The van der Waals surface area contributed by atoms with Gasteiger partial charge >= 0.3 is 0 Å². The van der Waals surface area contributed by atoms with Crippen molar-refractivity contribution in [3.8, 4) is 0 Å². The van der Waals surface area contributed by atoms with Gasteiger partial charge in [0.25, 0.3) is 0 Å². The number of hydrogen-bond acceptors (Lipinski definition) is 3. The highest BCUT2D eigenvalue weighted by Crippen LogP contribution is 2.16. The van der Waals surface area contributed by atoms with Crippen LogP contribution in [0.4, 0.5) is 0 Å². The van der Waals surface area contributed by atoms with E-state index in [2.05, 4.69) is 5.32 Å². The van der Waals surface area contributed by atoms with Crippen molar-refractivity contribution < 1.29 is 8.42 Å². The highest BCUT2D eigenvalue weighted by Gasteiger charge is 2.18. The van der Waals surface area contributed by atoms with Crippen molar-refractivity contribution in [2.75, 3.05) is 25.1 Å². The molecular weight excluding hydrogens is 174 g/mol. The monoisotopic (exact) mass is 189 g/mol. The van der Waals surface area contributed by atoms with Crippen molar-refractivity contribution in [1.29, 1.82) is 0 Å². The number of sulfone groups is 1. The number of likely N-dealkylation sites (N-methyl/N-ethyl adjacent to an activating group) is 1. The van der Waals surface area contributed by atoms with E-state index in [0.717, 1.165) is 25.0 Å². The molecule has 3 nitrogen and oxygen atoms in total. The van der Waals surface area contributed by atoms with Gasteiger partial charge < -0.3 is 5.32 Å². The maximum Gasteiger partial charge on any atom is 0.154 e. The molecule has 70 valence electrons. The van der Waals surface area contributed by atoms with Crippen LogP contribution in [0.15, 0.2) is 11.6 Å². The van der Waals surface area contributed by atoms with Crippen LogP contribution in [-0.2, 0) is 9.84 Å². The van der Waals surface area contributed by atoms with Crippen LogP contribution >= 0.6 is 0 Å². The Morgan fingerprint density at radius 1 is 1.58 bits per heavy atom. The van der Waals surface area contributed by atoms with E-state index in [4.69, 9.17) is 0 Å². The molecule has 12 heavy (non-hydrogen) atoms. The van der Waals surface area contributed by atoms with Crippen LogP contribution in [-0.4, -0.2) is 33.5 Å². The largest absolute Gasteiger partial charge is 0.316 e. The lowest BCUT2D eigenvalue weighted by atomic mass is 10.1. The Morgan fingerprint density at radius 2 is 2.33 bits per heavy atom. The minimum Gasteiger partial charge on any atom is -0.316 e. The fourth-order valence-corrected chi connectivity index (χ4v) is 2.91. The van der Waals surface area contributed by atoms with Crippen LogP contribution in [0, 0.1) is 0 Å². The van der Waals surface area contributed by atoms with Gasteiger partial charge in [-0.25, -0.2) is 8.42 Å². The molecule has 0 spiro atoms. The summed E-state index contributed by atoms with van der Waals surface area (Å²) in [6, 6.07) is 0. The Hall–Kier alpha value is -0.350. The summed E-state index contributed by atoms with van der Waals surface area (Å²) in [6.07, 6.45) is 3.72. The second-order valence-corrected chi connectivity index (χ2v) is 5.30. The summed E-state index contributed by atoms with van der Waals surface area (Å²) in [5.41, 5.74) is 1.07. The SMILES string of the molecule is CNCC=C1CCCS(=O)(=O)C1. The summed E-state index contributed by atoms with van der Waals surface area (Å²) >= 11 is 0. The van der Waals surface area contributed by atoms with E-state index in [0.29, 0.717) is 5.75 Å². The van der Waals surface area contributed by atoms with Gasteiger partial charge in [-0.15, -0.1) is 0 Å². The zero-order valence-corrected chi connectivity index (χ0v) is 8.15. The average Bonchev–Trinajstić information content (AvgIpc) is 1.99. The molecule has 0 atom stereocenters. The van der Waals surface area contributed by atoms with E-state index >= 15 is 0 Å². The summed E-state index contributed by atoms with van der Waals surface area (Å²) in [5, 5.41) is 2.97. The average molecular weight is 189 g/mol. The summed E-state index contributed by atoms with van der Waals surface area (Å²) < 4.78 is 22.3. The number of nitrogens with one attached hydrogen (secondary N) is 1. The molecule has 0 bridgehead atoms. The normalized spacial score (nSPS) is 25.9. The van der Waals surface area contributed by atoms with Crippen LogP contribution in [0.5, 0.6) is 0 Å². The predicted octanol–water partition coefficient (Wildman–Crippen LogP) is 0.341. The smallest absolute Gasteiger partial charge is 0.154 e. The van der Waals surface area contributed by atoms with Crippen LogP contribution in [0.2, 0.25) is 0 Å². The molecule has 1 saturated heterocycles. The van der Waals surface area contributed by atoms with Crippen LogP contribution in [0.3, 0.4) is 0 Å². The van der Waals surface area contributed by atoms with Gasteiger partial charge in [0.05, 0.1) is 11.5 Å². The highest BCUT2D eigenvalue weighted by atomic mass is 32.2. The fourth-order valence-electron chi connectivity index (χ4n) is 1.35. The Morgan fingerprint density at radius 3 is 2.92 bits per heavy atom. The van der Waals surface area contributed by atoms with Crippen LogP contribution in [0.25, 0.3) is 0 Å². The zero-order chi connectivity index (χ0) is 9.03. The molecule has 0 aromatic heterocycles. The lowest BCUT2D eigenvalue weighted by molar-refractivity contribution is 0.589. The lowest BCUT2D eigenvalue weighted by Gasteiger charge is -2.14. The molecule has 1 fully saturated rings. The van der Waals surface area contributed by atoms with Gasteiger partial charge in [-0.05, 0) is 19.9 Å². The summed E-state index contributed by atoms with van der Waals surface area (Å²) in [5.74, 6) is 0.637. The second kappa shape index (κ2) is 4.05. The van der Waals surface area contributed by atoms with Crippen molar-refractivity contribution in [1.82, 2.24) is 5.32 Å². The minimum atomic E-state index is -2.76. The first-order valence-corrected chi connectivity index (χ1v) is 5.99. The van der Waals surface area contributed by atoms with Gasteiger partial charge in [0, 0.05) is 6.54 Å². The Labute approximate surface area is 73.8 Å². The molecular formula is C8H15NO2S. The van der Waals surface area contributed by atoms with Crippen LogP contribution in [0.1, 0.15) is 12.8 Å². The first-order valence-electron chi connectivity index (χ1n) is 4.17. The van der Waals surface area contributed by atoms with E-state index in [9.17, 15) is 8.42 Å². The van der Waals surface area contributed by atoms with E-state index < -0.39 is 9.84 Å². The van der Waals surface area contributed by atoms with Gasteiger partial charge in [0.2, 0.25) is 0 Å². The minimum absolute atomic E-state index is 0.272. The summed E-state index contributed by atoms with van der Waals surface area (Å²) in [4.78, 5) is 0. The van der Waals surface area contributed by atoms with Crippen molar-refractivity contribution in [3.63, 3.8) is 0 Å². The molecule has 0 aromatic rings. The van der Waals surface area contributed by atoms with E-state index in [1.54, 1.807) is 0 Å². The van der Waals surface area contributed by atoms with Crippen molar-refractivity contribution in [2.45, 2.75) is 12.8 Å².